The summed E-state index contributed by atoms with van der Waals surface area (Å²) in [6.07, 6.45) is 1.06. The molecule has 0 fully saturated rings. The van der Waals surface area contributed by atoms with Crippen LogP contribution in [0.15, 0.2) is 0 Å². The highest BCUT2D eigenvalue weighted by Crippen LogP contribution is 2.09. The lowest BCUT2D eigenvalue weighted by atomic mass is 9.99. The van der Waals surface area contributed by atoms with E-state index in [0.717, 1.165) is 6.42 Å². The number of methoxy groups -OCH3 is 1. The monoisotopic (exact) mass is 267 g/mol. The van der Waals surface area contributed by atoms with Gasteiger partial charge in [-0.3, -0.25) is 9.35 Å². The Morgan fingerprint density at radius 1 is 1.47 bits per heavy atom. The number of carbonyl (C=O) groups excluding carboxylic acids is 1. The highest BCUT2D eigenvalue weighted by molar-refractivity contribution is 7.85. The predicted octanol–water partition coefficient (Wildman–Crippen LogP) is 0.442. The number of rotatable bonds is 8. The maximum atomic E-state index is 11.5. The minimum atomic E-state index is -3.93. The van der Waals surface area contributed by atoms with Crippen molar-refractivity contribution < 1.29 is 22.5 Å². The first-order chi connectivity index (χ1) is 7.81. The third-order valence-electron chi connectivity index (χ3n) is 2.61. The zero-order valence-corrected chi connectivity index (χ0v) is 11.3. The Balaban J connectivity index is 4.14. The summed E-state index contributed by atoms with van der Waals surface area (Å²) in [6, 6.07) is -0.439. The number of hydrogen-bond acceptors (Lipinski definition) is 5. The van der Waals surface area contributed by atoms with Crippen LogP contribution in [0.5, 0.6) is 0 Å². The summed E-state index contributed by atoms with van der Waals surface area (Å²) >= 11 is 0. The molecule has 0 aliphatic carbocycles. The molecule has 0 aromatic rings. The molecule has 2 N–H and O–H groups in total. The van der Waals surface area contributed by atoms with Crippen LogP contribution in [0.1, 0.15) is 26.7 Å². The highest BCUT2D eigenvalue weighted by Gasteiger charge is 2.23. The van der Waals surface area contributed by atoms with Crippen molar-refractivity contribution >= 4 is 16.1 Å². The van der Waals surface area contributed by atoms with E-state index in [-0.39, 0.29) is 24.1 Å². The molecule has 0 saturated carbocycles. The van der Waals surface area contributed by atoms with Crippen LogP contribution in [0.3, 0.4) is 0 Å². The van der Waals surface area contributed by atoms with E-state index in [2.05, 4.69) is 10.1 Å². The van der Waals surface area contributed by atoms with Gasteiger partial charge in [0, 0.05) is 0 Å². The van der Waals surface area contributed by atoms with Gasteiger partial charge in [0.15, 0.2) is 0 Å². The fourth-order valence-electron chi connectivity index (χ4n) is 1.39. The number of carbonyl (C=O) groups is 1. The van der Waals surface area contributed by atoms with Crippen LogP contribution in [-0.2, 0) is 19.6 Å². The van der Waals surface area contributed by atoms with E-state index in [0.29, 0.717) is 6.54 Å². The van der Waals surface area contributed by atoms with Crippen LogP contribution < -0.4 is 5.32 Å². The molecule has 6 nitrogen and oxygen atoms in total. The van der Waals surface area contributed by atoms with Gasteiger partial charge in [0.25, 0.3) is 10.1 Å². The summed E-state index contributed by atoms with van der Waals surface area (Å²) in [5, 5.41) is 2.94. The summed E-state index contributed by atoms with van der Waals surface area (Å²) in [4.78, 5) is 11.5. The second-order valence-corrected chi connectivity index (χ2v) is 5.55. The molecule has 0 bridgehead atoms. The number of hydrogen-bond donors (Lipinski definition) is 2. The SMILES string of the molecule is CCC(C)[C@H](NCCCS(=O)(=O)O)C(=O)OC. The first kappa shape index (κ1) is 16.3. The van der Waals surface area contributed by atoms with Crippen molar-refractivity contribution in [3.63, 3.8) is 0 Å². The van der Waals surface area contributed by atoms with Crippen LogP contribution in [0.2, 0.25) is 0 Å². The molecule has 0 aromatic carbocycles. The average Bonchev–Trinajstić information content (AvgIpc) is 2.26. The number of esters is 1. The maximum absolute atomic E-state index is 11.5. The summed E-state index contributed by atoms with van der Waals surface area (Å²) in [5.74, 6) is -0.562. The Labute approximate surface area is 102 Å². The highest BCUT2D eigenvalue weighted by atomic mass is 32.2. The first-order valence-electron chi connectivity index (χ1n) is 5.58. The molecule has 1 unspecified atom stereocenters. The lowest BCUT2D eigenvalue weighted by molar-refractivity contribution is -0.144. The van der Waals surface area contributed by atoms with Gasteiger partial charge >= 0.3 is 5.97 Å². The van der Waals surface area contributed by atoms with Gasteiger partial charge in [-0.1, -0.05) is 20.3 Å². The van der Waals surface area contributed by atoms with Crippen LogP contribution in [0.4, 0.5) is 0 Å². The molecule has 0 aliphatic heterocycles. The molecular weight excluding hydrogens is 246 g/mol. The summed E-state index contributed by atoms with van der Waals surface area (Å²) in [7, 11) is -2.61. The quantitative estimate of drug-likeness (QED) is 0.376. The predicted molar refractivity (Wildman–Crippen MR) is 64.3 cm³/mol. The summed E-state index contributed by atoms with van der Waals surface area (Å²) in [6.45, 7) is 4.21. The second-order valence-electron chi connectivity index (χ2n) is 3.98. The molecule has 0 amide bonds. The van der Waals surface area contributed by atoms with Gasteiger partial charge in [0.2, 0.25) is 0 Å². The molecule has 0 spiro atoms. The van der Waals surface area contributed by atoms with E-state index in [4.69, 9.17) is 4.55 Å². The Hall–Kier alpha value is -0.660. The first-order valence-corrected chi connectivity index (χ1v) is 7.19. The lowest BCUT2D eigenvalue weighted by Gasteiger charge is -2.21. The summed E-state index contributed by atoms with van der Waals surface area (Å²) in [5.41, 5.74) is 0. The molecule has 0 saturated heterocycles. The largest absolute Gasteiger partial charge is 0.468 e. The van der Waals surface area contributed by atoms with E-state index in [1.807, 2.05) is 13.8 Å². The van der Waals surface area contributed by atoms with Crippen molar-refractivity contribution in [2.24, 2.45) is 5.92 Å². The van der Waals surface area contributed by atoms with Crippen molar-refractivity contribution in [2.45, 2.75) is 32.7 Å². The van der Waals surface area contributed by atoms with E-state index < -0.39 is 16.2 Å². The third kappa shape index (κ3) is 7.30. The number of ether oxygens (including phenoxy) is 1. The normalized spacial score (nSPS) is 15.3. The fourth-order valence-corrected chi connectivity index (χ4v) is 1.90. The van der Waals surface area contributed by atoms with Crippen molar-refractivity contribution in [1.29, 1.82) is 0 Å². The second kappa shape index (κ2) is 7.62. The van der Waals surface area contributed by atoms with Crippen LogP contribution in [0.25, 0.3) is 0 Å². The maximum Gasteiger partial charge on any atom is 0.323 e. The van der Waals surface area contributed by atoms with E-state index in [1.165, 1.54) is 7.11 Å². The Morgan fingerprint density at radius 2 is 2.06 bits per heavy atom. The van der Waals surface area contributed by atoms with Gasteiger partial charge in [-0.2, -0.15) is 8.42 Å². The van der Waals surface area contributed by atoms with Gasteiger partial charge in [0.05, 0.1) is 12.9 Å². The minimum Gasteiger partial charge on any atom is -0.468 e. The fraction of sp³-hybridized carbons (Fsp3) is 0.900. The molecule has 0 rings (SSSR count). The molecule has 0 aliphatic rings. The molecular formula is C10H21NO5S. The molecule has 7 heteroatoms. The Morgan fingerprint density at radius 3 is 2.47 bits per heavy atom. The van der Waals surface area contributed by atoms with Gasteiger partial charge in [0.1, 0.15) is 6.04 Å². The minimum absolute atomic E-state index is 0.105. The standard InChI is InChI=1S/C10H21NO5S/c1-4-8(2)9(10(12)16-3)11-6-5-7-17(13,14)15/h8-9,11H,4-7H2,1-3H3,(H,13,14,15)/t8?,9-/m0/s1. The van der Waals surface area contributed by atoms with Crippen molar-refractivity contribution in [3.05, 3.63) is 0 Å². The van der Waals surface area contributed by atoms with Crippen molar-refractivity contribution in [2.75, 3.05) is 19.4 Å². The van der Waals surface area contributed by atoms with Crippen LogP contribution >= 0.6 is 0 Å². The van der Waals surface area contributed by atoms with Crippen LogP contribution in [0, 0.1) is 5.92 Å². The smallest absolute Gasteiger partial charge is 0.323 e. The van der Waals surface area contributed by atoms with Gasteiger partial charge < -0.3 is 10.1 Å². The molecule has 0 heterocycles. The Bertz CT molecular complexity index is 328. The van der Waals surface area contributed by atoms with Crippen molar-refractivity contribution in [3.8, 4) is 0 Å². The molecule has 2 atom stereocenters. The van der Waals surface area contributed by atoms with E-state index >= 15 is 0 Å². The van der Waals surface area contributed by atoms with E-state index in [1.54, 1.807) is 0 Å². The molecule has 17 heavy (non-hydrogen) atoms. The van der Waals surface area contributed by atoms with Gasteiger partial charge in [-0.15, -0.1) is 0 Å². The zero-order valence-electron chi connectivity index (χ0n) is 10.5. The molecule has 0 aromatic heterocycles. The topological polar surface area (TPSA) is 92.7 Å². The number of nitrogens with one attached hydrogen (secondary N) is 1. The van der Waals surface area contributed by atoms with Gasteiger partial charge in [-0.25, -0.2) is 0 Å². The third-order valence-corrected chi connectivity index (χ3v) is 3.42. The van der Waals surface area contributed by atoms with Crippen molar-refractivity contribution in [1.82, 2.24) is 5.32 Å². The zero-order chi connectivity index (χ0) is 13.5. The lowest BCUT2D eigenvalue weighted by Crippen LogP contribution is -2.43. The summed E-state index contributed by atoms with van der Waals surface area (Å²) < 4.78 is 34.2. The Kier molecular flexibility index (Phi) is 7.33. The van der Waals surface area contributed by atoms with E-state index in [9.17, 15) is 13.2 Å². The van der Waals surface area contributed by atoms with Gasteiger partial charge in [-0.05, 0) is 18.9 Å². The average molecular weight is 267 g/mol. The van der Waals surface area contributed by atoms with Crippen LogP contribution in [-0.4, -0.2) is 44.4 Å². The molecule has 102 valence electrons. The molecule has 0 radical (unpaired) electrons.